The zero-order chi connectivity index (χ0) is 24.5. The smallest absolute Gasteiger partial charge is 0.333 e. The van der Waals surface area contributed by atoms with Gasteiger partial charge in [0.15, 0.2) is 23.3 Å². The minimum atomic E-state index is -1.48. The number of halogens is 4. The van der Waals surface area contributed by atoms with Gasteiger partial charge in [-0.15, -0.1) is 11.3 Å². The first-order valence-corrected chi connectivity index (χ1v) is 11.3. The van der Waals surface area contributed by atoms with Crippen molar-refractivity contribution < 1.29 is 27.5 Å². The maximum atomic E-state index is 14.8. The maximum Gasteiger partial charge on any atom is 0.333 e. The highest BCUT2D eigenvalue weighted by molar-refractivity contribution is 7.13. The molecule has 176 valence electrons. The van der Waals surface area contributed by atoms with Crippen LogP contribution in [0, 0.1) is 29.8 Å². The van der Waals surface area contributed by atoms with Crippen molar-refractivity contribution in [3.63, 3.8) is 0 Å². The van der Waals surface area contributed by atoms with Crippen LogP contribution in [0.1, 0.15) is 54.8 Å². The van der Waals surface area contributed by atoms with Crippen molar-refractivity contribution in [1.82, 2.24) is 0 Å². The predicted molar refractivity (Wildman–Crippen MR) is 124 cm³/mol. The van der Waals surface area contributed by atoms with Crippen LogP contribution >= 0.6 is 11.3 Å². The van der Waals surface area contributed by atoms with E-state index in [0.717, 1.165) is 36.3 Å². The summed E-state index contributed by atoms with van der Waals surface area (Å²) in [5.74, 6) is -7.19. The molecule has 2 rings (SSSR count). The number of aliphatic carboxylic acids is 1. The maximum absolute atomic E-state index is 14.8. The van der Waals surface area contributed by atoms with Gasteiger partial charge in [-0.1, -0.05) is 26.7 Å². The Labute approximate surface area is 194 Å². The van der Waals surface area contributed by atoms with E-state index in [-0.39, 0.29) is 13.1 Å². The SMILES string of the molecule is [C-]#[N+]C(=Cc1ccc(C=Cc2c(F)c(F)c(N(CCCC)CCCC)c(F)c2F)s1)C(=O)O. The van der Waals surface area contributed by atoms with Crippen molar-refractivity contribution in [3.8, 4) is 0 Å². The zero-order valence-corrected chi connectivity index (χ0v) is 19.1. The molecule has 0 fully saturated rings. The van der Waals surface area contributed by atoms with Gasteiger partial charge < -0.3 is 10.0 Å². The van der Waals surface area contributed by atoms with E-state index in [1.807, 2.05) is 13.8 Å². The highest BCUT2D eigenvalue weighted by Gasteiger charge is 2.27. The molecule has 0 radical (unpaired) electrons. The van der Waals surface area contributed by atoms with Gasteiger partial charge in [-0.05, 0) is 43.2 Å². The number of rotatable bonds is 11. The predicted octanol–water partition coefficient (Wildman–Crippen LogP) is 7.23. The van der Waals surface area contributed by atoms with Crippen LogP contribution in [0.2, 0.25) is 0 Å². The Hall–Kier alpha value is -3.12. The number of anilines is 1. The molecule has 0 atom stereocenters. The largest absolute Gasteiger partial charge is 0.486 e. The molecule has 0 unspecified atom stereocenters. The van der Waals surface area contributed by atoms with E-state index in [1.165, 1.54) is 23.1 Å². The van der Waals surface area contributed by atoms with E-state index in [0.29, 0.717) is 22.6 Å². The molecule has 2 aromatic rings. The van der Waals surface area contributed by atoms with Crippen LogP contribution in [-0.2, 0) is 4.79 Å². The molecule has 1 N–H and O–H groups in total. The van der Waals surface area contributed by atoms with Crippen molar-refractivity contribution in [1.29, 1.82) is 0 Å². The van der Waals surface area contributed by atoms with Gasteiger partial charge in [0.1, 0.15) is 5.69 Å². The van der Waals surface area contributed by atoms with E-state index in [4.69, 9.17) is 11.7 Å². The summed E-state index contributed by atoms with van der Waals surface area (Å²) >= 11 is 1.05. The average molecular weight is 481 g/mol. The normalized spacial score (nSPS) is 11.7. The van der Waals surface area contributed by atoms with Crippen LogP contribution in [0.15, 0.2) is 17.8 Å². The molecule has 0 saturated carbocycles. The van der Waals surface area contributed by atoms with Gasteiger partial charge in [-0.2, -0.15) is 0 Å². The molecule has 4 nitrogen and oxygen atoms in total. The first kappa shape index (κ1) is 26.1. The van der Waals surface area contributed by atoms with Crippen molar-refractivity contribution in [2.24, 2.45) is 0 Å². The number of thiophene rings is 1. The van der Waals surface area contributed by atoms with Gasteiger partial charge >= 0.3 is 5.97 Å². The lowest BCUT2D eigenvalue weighted by Gasteiger charge is -2.26. The number of hydrogen-bond donors (Lipinski definition) is 1. The number of carboxylic acid groups (broad SMARTS) is 1. The zero-order valence-electron chi connectivity index (χ0n) is 18.3. The third kappa shape index (κ3) is 6.45. The number of unbranched alkanes of at least 4 members (excludes halogenated alkanes) is 2. The van der Waals surface area contributed by atoms with Crippen LogP contribution in [0.25, 0.3) is 23.1 Å². The van der Waals surface area contributed by atoms with Gasteiger partial charge in [-0.25, -0.2) is 22.4 Å². The van der Waals surface area contributed by atoms with Crippen LogP contribution < -0.4 is 4.90 Å². The molecule has 9 heteroatoms. The summed E-state index contributed by atoms with van der Waals surface area (Å²) < 4.78 is 59.2. The quantitative estimate of drug-likeness (QED) is 0.160. The highest BCUT2D eigenvalue weighted by atomic mass is 32.1. The minimum Gasteiger partial charge on any atom is -0.486 e. The second-order valence-electron chi connectivity index (χ2n) is 7.23. The molecular formula is C24H24F4N2O2S. The third-order valence-electron chi connectivity index (χ3n) is 4.83. The average Bonchev–Trinajstić information content (AvgIpc) is 3.24. The van der Waals surface area contributed by atoms with Gasteiger partial charge in [0.2, 0.25) is 0 Å². The minimum absolute atomic E-state index is 0.285. The molecule has 0 spiro atoms. The first-order chi connectivity index (χ1) is 15.7. The van der Waals surface area contributed by atoms with Crippen molar-refractivity contribution >= 4 is 41.2 Å². The van der Waals surface area contributed by atoms with Crippen LogP contribution in [0.5, 0.6) is 0 Å². The van der Waals surface area contributed by atoms with E-state index in [9.17, 15) is 22.4 Å². The van der Waals surface area contributed by atoms with E-state index >= 15 is 0 Å². The summed E-state index contributed by atoms with van der Waals surface area (Å²) in [4.78, 5) is 16.1. The fourth-order valence-corrected chi connectivity index (χ4v) is 3.92. The fraction of sp³-hybridized carbons (Fsp3) is 0.333. The van der Waals surface area contributed by atoms with Gasteiger partial charge in [-0.3, -0.25) is 4.79 Å². The summed E-state index contributed by atoms with van der Waals surface area (Å²) in [5, 5.41) is 8.91. The fourth-order valence-electron chi connectivity index (χ4n) is 3.07. The van der Waals surface area contributed by atoms with E-state index < -0.39 is 46.2 Å². The van der Waals surface area contributed by atoms with E-state index in [1.54, 1.807) is 0 Å². The molecule has 0 bridgehead atoms. The standard InChI is InChI=1S/C24H24F4N2O2S/c1-4-6-12-30(13-7-5-2)23-21(27)19(25)17(20(26)22(23)28)11-10-15-8-9-16(33-15)14-18(29-3)24(31)32/h8-11,14H,4-7,12-13H2,1-2H3,(H,31,32). The molecule has 0 aliphatic carbocycles. The number of nitrogens with zero attached hydrogens (tertiary/aromatic N) is 2. The van der Waals surface area contributed by atoms with Crippen molar-refractivity contribution in [2.75, 3.05) is 18.0 Å². The number of carboxylic acids is 1. The lowest BCUT2D eigenvalue weighted by Crippen LogP contribution is -2.28. The Bertz CT molecular complexity index is 1070. The lowest BCUT2D eigenvalue weighted by molar-refractivity contribution is -0.132. The molecule has 0 aliphatic heterocycles. The Morgan fingerprint density at radius 2 is 1.55 bits per heavy atom. The topological polar surface area (TPSA) is 44.9 Å². The molecular weight excluding hydrogens is 456 g/mol. The third-order valence-corrected chi connectivity index (χ3v) is 5.83. The lowest BCUT2D eigenvalue weighted by atomic mass is 10.1. The van der Waals surface area contributed by atoms with Crippen LogP contribution in [0.4, 0.5) is 23.2 Å². The van der Waals surface area contributed by atoms with Crippen molar-refractivity contribution in [2.45, 2.75) is 39.5 Å². The molecule has 0 amide bonds. The Morgan fingerprint density at radius 3 is 2.03 bits per heavy atom. The summed E-state index contributed by atoms with van der Waals surface area (Å²) in [5.41, 5.74) is -2.01. The van der Waals surface area contributed by atoms with E-state index in [2.05, 4.69) is 4.85 Å². The summed E-state index contributed by atoms with van der Waals surface area (Å²) in [6.07, 6.45) is 6.15. The molecule has 1 aromatic carbocycles. The molecule has 0 aliphatic rings. The second-order valence-corrected chi connectivity index (χ2v) is 8.38. The monoisotopic (exact) mass is 480 g/mol. The molecule has 33 heavy (non-hydrogen) atoms. The highest BCUT2D eigenvalue weighted by Crippen LogP contribution is 2.33. The molecule has 0 saturated heterocycles. The summed E-state index contributed by atoms with van der Waals surface area (Å²) in [7, 11) is 0. The van der Waals surface area contributed by atoms with Crippen LogP contribution in [-0.4, -0.2) is 24.2 Å². The molecule has 1 aromatic heterocycles. The summed E-state index contributed by atoms with van der Waals surface area (Å²) in [6.45, 7) is 11.3. The summed E-state index contributed by atoms with van der Waals surface area (Å²) in [6, 6.07) is 3.05. The number of benzene rings is 1. The van der Waals surface area contributed by atoms with Crippen molar-refractivity contribution in [3.05, 3.63) is 67.8 Å². The van der Waals surface area contributed by atoms with Crippen LogP contribution in [0.3, 0.4) is 0 Å². The Balaban J connectivity index is 2.40. The Kier molecular flexibility index (Phi) is 9.67. The molecule has 1 heterocycles. The number of carbonyl (C=O) groups is 1. The Morgan fingerprint density at radius 1 is 1.00 bits per heavy atom. The number of hydrogen-bond acceptors (Lipinski definition) is 3. The first-order valence-electron chi connectivity index (χ1n) is 10.5. The van der Waals surface area contributed by atoms with Gasteiger partial charge in [0.05, 0.1) is 12.1 Å². The van der Waals surface area contributed by atoms with Gasteiger partial charge in [0.25, 0.3) is 5.70 Å². The second kappa shape index (κ2) is 12.2. The van der Waals surface area contributed by atoms with Gasteiger partial charge in [0, 0.05) is 22.8 Å².